The average Bonchev–Trinajstić information content (AvgIpc) is 3.24. The number of nitrogens with zero attached hydrogens (tertiary/aromatic N) is 3. The van der Waals surface area contributed by atoms with Crippen molar-refractivity contribution in [3.05, 3.63) is 99.6 Å². The van der Waals surface area contributed by atoms with Crippen LogP contribution in [0, 0.1) is 17.0 Å². The van der Waals surface area contributed by atoms with Gasteiger partial charge in [0.15, 0.2) is 0 Å². The van der Waals surface area contributed by atoms with Crippen molar-refractivity contribution in [2.24, 2.45) is 0 Å². The molecule has 2 aliphatic heterocycles. The maximum Gasteiger partial charge on any atom is 0.269 e. The number of benzene rings is 3. The normalized spacial score (nSPS) is 24.5. The highest BCUT2D eigenvalue weighted by atomic mass is 32.2. The molecule has 5 rings (SSSR count). The Bertz CT molecular complexity index is 1340. The van der Waals surface area contributed by atoms with Gasteiger partial charge in [0.05, 0.1) is 9.82 Å². The summed E-state index contributed by atoms with van der Waals surface area (Å²) in [6.07, 6.45) is -0.415. The molecule has 3 atom stereocenters. The zero-order valence-corrected chi connectivity index (χ0v) is 19.5. The minimum Gasteiger partial charge on any atom is -0.357 e. The third-order valence-electron chi connectivity index (χ3n) is 7.26. The lowest BCUT2D eigenvalue weighted by Gasteiger charge is -2.35. The maximum absolute atomic E-state index is 13.9. The molecule has 33 heavy (non-hydrogen) atoms. The van der Waals surface area contributed by atoms with Crippen LogP contribution < -0.4 is 4.90 Å². The van der Waals surface area contributed by atoms with Gasteiger partial charge in [0.25, 0.3) is 5.69 Å². The van der Waals surface area contributed by atoms with Gasteiger partial charge in [-0.3, -0.25) is 10.1 Å². The lowest BCUT2D eigenvalue weighted by molar-refractivity contribution is -0.384. The van der Waals surface area contributed by atoms with Crippen molar-refractivity contribution in [3.63, 3.8) is 0 Å². The fourth-order valence-corrected chi connectivity index (χ4v) is 7.31. The molecule has 0 bridgehead atoms. The summed E-state index contributed by atoms with van der Waals surface area (Å²) in [4.78, 5) is 13.1. The van der Waals surface area contributed by atoms with Crippen molar-refractivity contribution in [2.75, 3.05) is 18.5 Å². The summed E-state index contributed by atoms with van der Waals surface area (Å²) >= 11 is 0. The summed E-state index contributed by atoms with van der Waals surface area (Å²) in [5, 5.41) is 11.2. The number of para-hydroxylation sites is 1. The van der Waals surface area contributed by atoms with Crippen molar-refractivity contribution >= 4 is 21.4 Å². The van der Waals surface area contributed by atoms with E-state index in [0.717, 1.165) is 22.4 Å². The van der Waals surface area contributed by atoms with Gasteiger partial charge in [-0.15, -0.1) is 0 Å². The van der Waals surface area contributed by atoms with E-state index in [1.54, 1.807) is 28.6 Å². The molecule has 0 unspecified atom stereocenters. The van der Waals surface area contributed by atoms with E-state index in [4.69, 9.17) is 0 Å². The SMILES string of the molecule is Cc1ccc(S(=O)(=O)N2C[C@@H](c3ccc([N+](=O)[O-])cc3)[C@@]3(C)c4ccccc4N(C)[C@@H]23)cc1. The highest BCUT2D eigenvalue weighted by Crippen LogP contribution is 2.58. The Morgan fingerprint density at radius 1 is 1.00 bits per heavy atom. The fraction of sp³-hybridized carbons (Fsp3) is 0.280. The Morgan fingerprint density at radius 2 is 1.64 bits per heavy atom. The van der Waals surface area contributed by atoms with E-state index < -0.39 is 26.5 Å². The molecule has 7 nitrogen and oxygen atoms in total. The molecule has 0 aromatic heterocycles. The lowest BCUT2D eigenvalue weighted by atomic mass is 9.71. The topological polar surface area (TPSA) is 83.8 Å². The standard InChI is InChI=1S/C25H25N3O4S/c1-17-8-14-20(15-9-17)33(31,32)27-16-22(18-10-12-19(13-11-18)28(29)30)25(2)21-6-4-5-7-23(21)26(3)24(25)27/h4-15,22,24H,16H2,1-3H3/t22-,24-,25+/m0/s1. The van der Waals surface area contributed by atoms with Crippen molar-refractivity contribution < 1.29 is 13.3 Å². The van der Waals surface area contributed by atoms with Crippen LogP contribution in [0.5, 0.6) is 0 Å². The molecule has 0 N–H and O–H groups in total. The zero-order chi connectivity index (χ0) is 23.5. The number of sulfonamides is 1. The number of nitro groups is 1. The van der Waals surface area contributed by atoms with Crippen molar-refractivity contribution in [1.82, 2.24) is 4.31 Å². The van der Waals surface area contributed by atoms with Crippen LogP contribution in [0.25, 0.3) is 0 Å². The molecule has 0 spiro atoms. The smallest absolute Gasteiger partial charge is 0.269 e. The van der Waals surface area contributed by atoms with Crippen molar-refractivity contribution in [3.8, 4) is 0 Å². The predicted molar refractivity (Wildman–Crippen MR) is 127 cm³/mol. The second-order valence-corrected chi connectivity index (χ2v) is 11.0. The lowest BCUT2D eigenvalue weighted by Crippen LogP contribution is -2.49. The van der Waals surface area contributed by atoms with E-state index in [9.17, 15) is 18.5 Å². The summed E-state index contributed by atoms with van der Waals surface area (Å²) < 4.78 is 29.3. The third-order valence-corrected chi connectivity index (χ3v) is 9.09. The first-order chi connectivity index (χ1) is 15.7. The van der Waals surface area contributed by atoms with Crippen LogP contribution in [0.4, 0.5) is 11.4 Å². The number of aryl methyl sites for hydroxylation is 1. The molecule has 8 heteroatoms. The van der Waals surface area contributed by atoms with E-state index in [-0.39, 0.29) is 23.0 Å². The van der Waals surface area contributed by atoms with Gasteiger partial charge in [-0.2, -0.15) is 4.31 Å². The highest BCUT2D eigenvalue weighted by Gasteiger charge is 2.62. The number of non-ortho nitro benzene ring substituents is 1. The molecule has 0 amide bonds. The second kappa shape index (κ2) is 7.40. The molecule has 170 valence electrons. The molecule has 3 aromatic rings. The van der Waals surface area contributed by atoms with Crippen molar-refractivity contribution in [1.29, 1.82) is 0 Å². The van der Waals surface area contributed by atoms with E-state index in [1.807, 2.05) is 49.2 Å². The molecule has 0 aliphatic carbocycles. The highest BCUT2D eigenvalue weighted by molar-refractivity contribution is 7.89. The Morgan fingerprint density at radius 3 is 2.27 bits per heavy atom. The first-order valence-corrected chi connectivity index (χ1v) is 12.2. The summed E-state index contributed by atoms with van der Waals surface area (Å²) in [6, 6.07) is 21.4. The molecule has 0 radical (unpaired) electrons. The first-order valence-electron chi connectivity index (χ1n) is 10.8. The van der Waals surface area contributed by atoms with Crippen LogP contribution in [-0.2, 0) is 15.4 Å². The second-order valence-electron chi connectivity index (χ2n) is 9.07. The van der Waals surface area contributed by atoms with E-state index in [2.05, 4.69) is 13.0 Å². The number of nitro benzene ring substituents is 1. The number of anilines is 1. The molecule has 1 saturated heterocycles. The number of hydrogen-bond acceptors (Lipinski definition) is 5. The summed E-state index contributed by atoms with van der Waals surface area (Å²) in [5.74, 6) is -0.172. The van der Waals surface area contributed by atoms with Gasteiger partial charge in [-0.05, 0) is 36.2 Å². The van der Waals surface area contributed by atoms with Gasteiger partial charge in [-0.25, -0.2) is 8.42 Å². The van der Waals surface area contributed by atoms with Crippen LogP contribution >= 0.6 is 0 Å². The zero-order valence-electron chi connectivity index (χ0n) is 18.7. The number of likely N-dealkylation sites (N-methyl/N-ethyl adjacent to an activating group) is 1. The molecule has 0 saturated carbocycles. The van der Waals surface area contributed by atoms with Crippen molar-refractivity contribution in [2.45, 2.75) is 36.2 Å². The fourth-order valence-electron chi connectivity index (χ4n) is 5.59. The minimum absolute atomic E-state index is 0.0199. The van der Waals surface area contributed by atoms with Gasteiger partial charge in [0, 0.05) is 42.7 Å². The molecule has 2 heterocycles. The number of fused-ring (bicyclic) bond motifs is 3. The van der Waals surface area contributed by atoms with E-state index in [1.165, 1.54) is 12.1 Å². The molecular formula is C25H25N3O4S. The molecule has 2 aliphatic rings. The first kappa shape index (κ1) is 21.6. The van der Waals surface area contributed by atoms with Gasteiger partial charge < -0.3 is 4.90 Å². The quantitative estimate of drug-likeness (QED) is 0.422. The summed E-state index contributed by atoms with van der Waals surface area (Å²) in [7, 11) is -1.84. The average molecular weight is 464 g/mol. The van der Waals surface area contributed by atoms with Gasteiger partial charge >= 0.3 is 0 Å². The Balaban J connectivity index is 1.67. The Hall–Kier alpha value is -3.23. The van der Waals surface area contributed by atoms with E-state index in [0.29, 0.717) is 0 Å². The summed E-state index contributed by atoms with van der Waals surface area (Å²) in [5.41, 5.74) is 3.46. The third kappa shape index (κ3) is 3.08. The largest absolute Gasteiger partial charge is 0.357 e. The van der Waals surface area contributed by atoms with Crippen LogP contribution in [0.1, 0.15) is 29.5 Å². The van der Waals surface area contributed by atoms with Gasteiger partial charge in [0.2, 0.25) is 10.0 Å². The Labute approximate surface area is 193 Å². The minimum atomic E-state index is -3.78. The van der Waals surface area contributed by atoms with Gasteiger partial charge in [0.1, 0.15) is 6.17 Å². The molecular weight excluding hydrogens is 438 g/mol. The van der Waals surface area contributed by atoms with Crippen LogP contribution in [0.2, 0.25) is 0 Å². The van der Waals surface area contributed by atoms with Crippen LogP contribution in [0.3, 0.4) is 0 Å². The maximum atomic E-state index is 13.9. The number of rotatable bonds is 4. The summed E-state index contributed by atoms with van der Waals surface area (Å²) in [6.45, 7) is 4.32. The monoisotopic (exact) mass is 463 g/mol. The molecule has 1 fully saturated rings. The number of hydrogen-bond donors (Lipinski definition) is 0. The molecule has 3 aromatic carbocycles. The predicted octanol–water partition coefficient (Wildman–Crippen LogP) is 4.43. The van der Waals surface area contributed by atoms with Crippen LogP contribution in [-0.4, -0.2) is 37.4 Å². The van der Waals surface area contributed by atoms with Gasteiger partial charge in [-0.1, -0.05) is 55.0 Å². The Kier molecular flexibility index (Phi) is 4.84. The van der Waals surface area contributed by atoms with Crippen LogP contribution in [0.15, 0.2) is 77.7 Å². The van der Waals surface area contributed by atoms with E-state index >= 15 is 0 Å².